The van der Waals surface area contributed by atoms with Crippen molar-refractivity contribution in [1.29, 1.82) is 0 Å². The predicted octanol–water partition coefficient (Wildman–Crippen LogP) is 7.34. The van der Waals surface area contributed by atoms with Crippen LogP contribution in [-0.2, 0) is 12.4 Å². The van der Waals surface area contributed by atoms with E-state index in [9.17, 15) is 26.3 Å². The Morgan fingerprint density at radius 1 is 0.781 bits per heavy atom. The lowest BCUT2D eigenvalue weighted by molar-refractivity contribution is -0.138. The van der Waals surface area contributed by atoms with E-state index >= 15 is 0 Å². The van der Waals surface area contributed by atoms with Crippen molar-refractivity contribution in [2.75, 3.05) is 5.43 Å². The van der Waals surface area contributed by atoms with E-state index in [1.54, 1.807) is 0 Å². The van der Waals surface area contributed by atoms with Gasteiger partial charge in [0.2, 0.25) is 0 Å². The zero-order chi connectivity index (χ0) is 23.7. The highest BCUT2D eigenvalue weighted by Crippen LogP contribution is 2.33. The lowest BCUT2D eigenvalue weighted by Gasteiger charge is -2.13. The second-order valence-electron chi connectivity index (χ2n) is 6.18. The van der Waals surface area contributed by atoms with Crippen LogP contribution in [0.4, 0.5) is 32.2 Å². The lowest BCUT2D eigenvalue weighted by atomic mass is 10.1. The molecule has 0 bridgehead atoms. The van der Waals surface area contributed by atoms with Gasteiger partial charge in [0, 0.05) is 23.0 Å². The van der Waals surface area contributed by atoms with Gasteiger partial charge in [-0.25, -0.2) is 4.98 Å². The van der Waals surface area contributed by atoms with Gasteiger partial charge in [-0.1, -0.05) is 46.9 Å². The summed E-state index contributed by atoms with van der Waals surface area (Å²) in [6.07, 6.45) is -8.18. The molecule has 2 heterocycles. The fourth-order valence-electron chi connectivity index (χ4n) is 2.41. The van der Waals surface area contributed by atoms with E-state index in [2.05, 4.69) is 20.5 Å². The minimum absolute atomic E-state index is 0.0295. The summed E-state index contributed by atoms with van der Waals surface area (Å²) in [7, 11) is 0. The summed E-state index contributed by atoms with van der Waals surface area (Å²) in [4.78, 5) is 7.36. The lowest BCUT2D eigenvalue weighted by Crippen LogP contribution is -2.13. The molecule has 4 nitrogen and oxygen atoms in total. The third-order valence-electron chi connectivity index (χ3n) is 3.95. The van der Waals surface area contributed by atoms with Crippen LogP contribution in [0.25, 0.3) is 0 Å². The number of anilines is 1. The Balaban J connectivity index is 2.05. The van der Waals surface area contributed by atoms with Crippen LogP contribution >= 0.6 is 34.8 Å². The van der Waals surface area contributed by atoms with Crippen molar-refractivity contribution < 1.29 is 26.3 Å². The third-order valence-corrected chi connectivity index (χ3v) is 4.78. The molecule has 0 amide bonds. The SMILES string of the molecule is FC(F)(F)c1cnc(N/N=C(\c2ccc(Cl)cc2)c2ncc(C(F)(F)F)cc2Cl)c(Cl)c1. The number of benzene rings is 1. The summed E-state index contributed by atoms with van der Waals surface area (Å²) in [5, 5.41) is 3.67. The number of hydrazone groups is 1. The summed E-state index contributed by atoms with van der Waals surface area (Å²) in [6.45, 7) is 0. The Labute approximate surface area is 191 Å². The largest absolute Gasteiger partial charge is 0.417 e. The van der Waals surface area contributed by atoms with Crippen LogP contribution in [-0.4, -0.2) is 15.7 Å². The smallest absolute Gasteiger partial charge is 0.259 e. The fraction of sp³-hybridized carbons (Fsp3) is 0.105. The highest BCUT2D eigenvalue weighted by molar-refractivity contribution is 6.35. The van der Waals surface area contributed by atoms with E-state index in [1.807, 2.05) is 0 Å². The number of aromatic nitrogens is 2. The second-order valence-corrected chi connectivity index (χ2v) is 7.43. The van der Waals surface area contributed by atoms with Crippen molar-refractivity contribution in [1.82, 2.24) is 9.97 Å². The first-order valence-electron chi connectivity index (χ1n) is 8.42. The van der Waals surface area contributed by atoms with Crippen LogP contribution < -0.4 is 5.43 Å². The quantitative estimate of drug-likeness (QED) is 0.226. The minimum atomic E-state index is -4.66. The topological polar surface area (TPSA) is 50.2 Å². The first-order chi connectivity index (χ1) is 14.9. The first kappa shape index (κ1) is 24.1. The van der Waals surface area contributed by atoms with Gasteiger partial charge < -0.3 is 0 Å². The number of nitrogens with zero attached hydrogens (tertiary/aromatic N) is 3. The standard InChI is InChI=1S/C19H9Cl3F6N4/c20-12-3-1-9(2-4-12)15(16-13(21)5-10(7-29-16)18(23,24)25)31-32-17-14(22)6-11(8-30-17)19(26,27)28/h1-8H,(H,30,32)/b31-15+. The van der Waals surface area contributed by atoms with Gasteiger partial charge in [-0.2, -0.15) is 31.4 Å². The molecule has 1 aromatic carbocycles. The first-order valence-corrected chi connectivity index (χ1v) is 9.55. The molecule has 0 spiro atoms. The number of hydrogen-bond donors (Lipinski definition) is 1. The van der Waals surface area contributed by atoms with Crippen molar-refractivity contribution in [2.45, 2.75) is 12.4 Å². The molecule has 0 fully saturated rings. The van der Waals surface area contributed by atoms with Gasteiger partial charge in [-0.3, -0.25) is 10.4 Å². The average Bonchev–Trinajstić information content (AvgIpc) is 2.69. The number of halogens is 9. The van der Waals surface area contributed by atoms with Crippen LogP contribution in [0.5, 0.6) is 0 Å². The molecule has 3 rings (SSSR count). The highest BCUT2D eigenvalue weighted by atomic mass is 35.5. The molecule has 0 aliphatic heterocycles. The molecular weight excluding hydrogens is 505 g/mol. The Hall–Kier alpha value is -2.56. The molecule has 0 saturated heterocycles. The monoisotopic (exact) mass is 512 g/mol. The summed E-state index contributed by atoms with van der Waals surface area (Å²) in [5.74, 6) is -0.228. The number of pyridine rings is 2. The van der Waals surface area contributed by atoms with E-state index in [0.717, 1.165) is 0 Å². The molecule has 1 N–H and O–H groups in total. The Kier molecular flexibility index (Phi) is 6.87. The summed E-state index contributed by atoms with van der Waals surface area (Å²) < 4.78 is 77.2. The van der Waals surface area contributed by atoms with E-state index < -0.39 is 23.5 Å². The number of alkyl halides is 6. The van der Waals surface area contributed by atoms with E-state index in [0.29, 0.717) is 35.1 Å². The molecule has 0 aliphatic rings. The molecular formula is C19H9Cl3F6N4. The van der Waals surface area contributed by atoms with Gasteiger partial charge in [-0.15, -0.1) is 0 Å². The molecule has 32 heavy (non-hydrogen) atoms. The molecule has 0 aliphatic carbocycles. The maximum Gasteiger partial charge on any atom is 0.417 e. The summed E-state index contributed by atoms with van der Waals surface area (Å²) >= 11 is 17.8. The molecule has 0 atom stereocenters. The molecule has 168 valence electrons. The van der Waals surface area contributed by atoms with E-state index in [-0.39, 0.29) is 27.3 Å². The fourth-order valence-corrected chi connectivity index (χ4v) is 3.00. The molecule has 13 heteroatoms. The molecule has 3 aromatic rings. The zero-order valence-electron chi connectivity index (χ0n) is 15.4. The van der Waals surface area contributed by atoms with Crippen molar-refractivity contribution >= 4 is 46.3 Å². The zero-order valence-corrected chi connectivity index (χ0v) is 17.6. The van der Waals surface area contributed by atoms with Crippen LogP contribution in [0.2, 0.25) is 15.1 Å². The van der Waals surface area contributed by atoms with Crippen molar-refractivity contribution in [3.05, 3.63) is 86.2 Å². The number of nitrogens with one attached hydrogen (secondary N) is 1. The Morgan fingerprint density at radius 2 is 1.31 bits per heavy atom. The van der Waals surface area contributed by atoms with Crippen molar-refractivity contribution in [2.24, 2.45) is 5.10 Å². The van der Waals surface area contributed by atoms with Gasteiger partial charge in [-0.05, 0) is 24.3 Å². The maximum absolute atomic E-state index is 12.9. The van der Waals surface area contributed by atoms with E-state index in [4.69, 9.17) is 34.8 Å². The molecule has 0 saturated carbocycles. The highest BCUT2D eigenvalue weighted by Gasteiger charge is 2.33. The Bertz CT molecular complexity index is 1160. The normalized spacial score (nSPS) is 12.7. The molecule has 0 unspecified atom stereocenters. The van der Waals surface area contributed by atoms with E-state index in [1.165, 1.54) is 24.3 Å². The van der Waals surface area contributed by atoms with Crippen LogP contribution in [0.15, 0.2) is 53.9 Å². The van der Waals surface area contributed by atoms with Gasteiger partial charge in [0.15, 0.2) is 5.82 Å². The number of rotatable bonds is 4. The average molecular weight is 514 g/mol. The third kappa shape index (κ3) is 5.62. The Morgan fingerprint density at radius 3 is 1.81 bits per heavy atom. The summed E-state index contributed by atoms with van der Waals surface area (Å²) in [5.41, 5.74) is 0.454. The minimum Gasteiger partial charge on any atom is -0.259 e. The molecule has 2 aromatic heterocycles. The van der Waals surface area contributed by atoms with Crippen LogP contribution in [0, 0.1) is 0 Å². The van der Waals surface area contributed by atoms with Crippen LogP contribution in [0.3, 0.4) is 0 Å². The van der Waals surface area contributed by atoms with Gasteiger partial charge in [0.25, 0.3) is 0 Å². The van der Waals surface area contributed by atoms with Gasteiger partial charge in [0.1, 0.15) is 11.4 Å². The van der Waals surface area contributed by atoms with Crippen LogP contribution in [0.1, 0.15) is 22.4 Å². The van der Waals surface area contributed by atoms with Gasteiger partial charge in [0.05, 0.1) is 21.2 Å². The van der Waals surface area contributed by atoms with Crippen molar-refractivity contribution in [3.8, 4) is 0 Å². The van der Waals surface area contributed by atoms with Gasteiger partial charge >= 0.3 is 12.4 Å². The summed E-state index contributed by atoms with van der Waals surface area (Å²) in [6, 6.07) is 7.32. The van der Waals surface area contributed by atoms with Crippen molar-refractivity contribution in [3.63, 3.8) is 0 Å². The number of hydrogen-bond acceptors (Lipinski definition) is 4. The second kappa shape index (κ2) is 9.13. The predicted molar refractivity (Wildman–Crippen MR) is 109 cm³/mol. The maximum atomic E-state index is 12.9. The molecule has 0 radical (unpaired) electrons.